The molecule has 1 amide bonds. The Kier molecular flexibility index (Phi) is 3.45. The number of hydrogen-bond donors (Lipinski definition) is 1. The Bertz CT molecular complexity index is 484. The van der Waals surface area contributed by atoms with E-state index in [1.165, 1.54) is 17.7 Å². The van der Waals surface area contributed by atoms with Crippen LogP contribution in [0.3, 0.4) is 0 Å². The van der Waals surface area contributed by atoms with Crippen LogP contribution >= 0.6 is 0 Å². The zero-order chi connectivity index (χ0) is 13.2. The molecular weight excluding hydrogens is 236 g/mol. The minimum atomic E-state index is 0.208. The molecule has 1 aromatic carbocycles. The number of nitrogens with zero attached hydrogens (tertiary/aromatic N) is 1. The highest BCUT2D eigenvalue weighted by molar-refractivity contribution is 5.95. The zero-order valence-electron chi connectivity index (χ0n) is 11.6. The molecule has 0 aromatic heterocycles. The van der Waals surface area contributed by atoms with Gasteiger partial charge in [-0.15, -0.1) is 0 Å². The summed E-state index contributed by atoms with van der Waals surface area (Å²) in [6, 6.07) is 6.12. The fourth-order valence-corrected chi connectivity index (χ4v) is 3.16. The number of aryl methyl sites for hydroxylation is 1. The molecule has 1 saturated heterocycles. The van der Waals surface area contributed by atoms with Crippen LogP contribution in [0.2, 0.25) is 0 Å². The molecule has 1 N–H and O–H groups in total. The molecule has 1 aromatic rings. The number of fused-ring (bicyclic) bond motifs is 1. The molecule has 1 atom stereocenters. The minimum absolute atomic E-state index is 0.208. The van der Waals surface area contributed by atoms with Crippen molar-refractivity contribution >= 4 is 11.6 Å². The van der Waals surface area contributed by atoms with Gasteiger partial charge >= 0.3 is 0 Å². The third-order valence-electron chi connectivity index (χ3n) is 4.23. The molecule has 102 valence electrons. The van der Waals surface area contributed by atoms with E-state index < -0.39 is 0 Å². The zero-order valence-corrected chi connectivity index (χ0v) is 11.6. The Morgan fingerprint density at radius 3 is 3.11 bits per heavy atom. The number of carbonyl (C=O) groups is 1. The molecule has 3 heteroatoms. The maximum Gasteiger partial charge on any atom is 0.253 e. The van der Waals surface area contributed by atoms with E-state index in [0.717, 1.165) is 44.5 Å². The van der Waals surface area contributed by atoms with Crippen molar-refractivity contribution in [3.8, 4) is 0 Å². The molecule has 3 nitrogen and oxygen atoms in total. The van der Waals surface area contributed by atoms with Crippen molar-refractivity contribution in [3.05, 3.63) is 29.3 Å². The van der Waals surface area contributed by atoms with Gasteiger partial charge in [0.1, 0.15) is 0 Å². The van der Waals surface area contributed by atoms with E-state index >= 15 is 0 Å². The summed E-state index contributed by atoms with van der Waals surface area (Å²) in [5, 5.41) is 3.39. The van der Waals surface area contributed by atoms with Crippen molar-refractivity contribution < 1.29 is 4.79 Å². The second-order valence-corrected chi connectivity index (χ2v) is 5.90. The van der Waals surface area contributed by atoms with Crippen molar-refractivity contribution in [2.75, 3.05) is 25.0 Å². The average Bonchev–Trinajstić information content (AvgIpc) is 2.46. The van der Waals surface area contributed by atoms with Crippen LogP contribution in [0, 0.1) is 5.92 Å². The van der Waals surface area contributed by atoms with E-state index in [1.807, 2.05) is 11.0 Å². The normalized spacial score (nSPS) is 22.6. The van der Waals surface area contributed by atoms with Gasteiger partial charge in [-0.2, -0.15) is 0 Å². The van der Waals surface area contributed by atoms with Crippen LogP contribution in [0.4, 0.5) is 5.69 Å². The molecule has 0 radical (unpaired) electrons. The first-order valence-electron chi connectivity index (χ1n) is 7.40. The summed E-state index contributed by atoms with van der Waals surface area (Å²) in [6.45, 7) is 5.10. The fraction of sp³-hybridized carbons (Fsp3) is 0.562. The van der Waals surface area contributed by atoms with E-state index in [0.29, 0.717) is 5.92 Å². The number of nitrogens with one attached hydrogen (secondary N) is 1. The van der Waals surface area contributed by atoms with Crippen molar-refractivity contribution in [1.82, 2.24) is 4.90 Å². The number of rotatable bonds is 1. The Labute approximate surface area is 115 Å². The topological polar surface area (TPSA) is 32.3 Å². The first kappa shape index (κ1) is 12.5. The lowest BCUT2D eigenvalue weighted by Gasteiger charge is -2.31. The molecule has 0 spiro atoms. The number of amides is 1. The van der Waals surface area contributed by atoms with Crippen LogP contribution in [0.5, 0.6) is 0 Å². The van der Waals surface area contributed by atoms with Crippen LogP contribution in [-0.4, -0.2) is 30.4 Å². The van der Waals surface area contributed by atoms with Gasteiger partial charge in [0.25, 0.3) is 5.91 Å². The molecular formula is C16H22N2O. The summed E-state index contributed by atoms with van der Waals surface area (Å²) in [4.78, 5) is 14.6. The lowest BCUT2D eigenvalue weighted by atomic mass is 9.97. The third-order valence-corrected chi connectivity index (χ3v) is 4.23. The number of hydrogen-bond acceptors (Lipinski definition) is 2. The Balaban J connectivity index is 1.79. The Morgan fingerprint density at radius 2 is 2.26 bits per heavy atom. The molecule has 0 bridgehead atoms. The highest BCUT2D eigenvalue weighted by Crippen LogP contribution is 2.24. The highest BCUT2D eigenvalue weighted by atomic mass is 16.2. The van der Waals surface area contributed by atoms with Gasteiger partial charge in [-0.1, -0.05) is 6.92 Å². The van der Waals surface area contributed by atoms with Gasteiger partial charge in [-0.25, -0.2) is 0 Å². The number of likely N-dealkylation sites (tertiary alicyclic amines) is 1. The van der Waals surface area contributed by atoms with Crippen LogP contribution in [-0.2, 0) is 6.42 Å². The monoisotopic (exact) mass is 258 g/mol. The molecule has 19 heavy (non-hydrogen) atoms. The van der Waals surface area contributed by atoms with Crippen LogP contribution in [0.1, 0.15) is 42.1 Å². The Morgan fingerprint density at radius 1 is 1.37 bits per heavy atom. The van der Waals surface area contributed by atoms with E-state index in [-0.39, 0.29) is 5.91 Å². The molecule has 3 rings (SSSR count). The van der Waals surface area contributed by atoms with Crippen LogP contribution in [0.15, 0.2) is 18.2 Å². The molecule has 1 fully saturated rings. The van der Waals surface area contributed by atoms with Gasteiger partial charge < -0.3 is 10.2 Å². The summed E-state index contributed by atoms with van der Waals surface area (Å²) in [5.41, 5.74) is 3.36. The summed E-state index contributed by atoms with van der Waals surface area (Å²) < 4.78 is 0. The molecule has 2 aliphatic heterocycles. The largest absolute Gasteiger partial charge is 0.385 e. The van der Waals surface area contributed by atoms with Crippen molar-refractivity contribution in [3.63, 3.8) is 0 Å². The van der Waals surface area contributed by atoms with Gasteiger partial charge in [0.2, 0.25) is 0 Å². The second-order valence-electron chi connectivity index (χ2n) is 5.90. The first-order valence-corrected chi connectivity index (χ1v) is 7.40. The van der Waals surface area contributed by atoms with E-state index in [2.05, 4.69) is 24.4 Å². The number of anilines is 1. The van der Waals surface area contributed by atoms with E-state index in [1.54, 1.807) is 0 Å². The van der Waals surface area contributed by atoms with E-state index in [4.69, 9.17) is 0 Å². The molecule has 2 heterocycles. The molecule has 0 aliphatic carbocycles. The smallest absolute Gasteiger partial charge is 0.253 e. The lowest BCUT2D eigenvalue weighted by Crippen LogP contribution is -2.39. The summed E-state index contributed by atoms with van der Waals surface area (Å²) in [5.74, 6) is 0.844. The lowest BCUT2D eigenvalue weighted by molar-refractivity contribution is 0.0683. The van der Waals surface area contributed by atoms with Crippen molar-refractivity contribution in [1.29, 1.82) is 0 Å². The van der Waals surface area contributed by atoms with Crippen molar-refractivity contribution in [2.45, 2.75) is 32.6 Å². The van der Waals surface area contributed by atoms with Crippen molar-refractivity contribution in [2.24, 2.45) is 5.92 Å². The van der Waals surface area contributed by atoms with Gasteiger partial charge in [0, 0.05) is 30.9 Å². The quantitative estimate of drug-likeness (QED) is 0.840. The van der Waals surface area contributed by atoms with E-state index in [9.17, 15) is 4.79 Å². The SMILES string of the molecule is CC1CCCN(C(=O)c2ccc3c(c2)CCCN3)C1. The second kappa shape index (κ2) is 5.24. The predicted octanol–water partition coefficient (Wildman–Crippen LogP) is 2.92. The Hall–Kier alpha value is -1.51. The maximum absolute atomic E-state index is 12.5. The van der Waals surface area contributed by atoms with Crippen LogP contribution in [0.25, 0.3) is 0 Å². The minimum Gasteiger partial charge on any atom is -0.385 e. The predicted molar refractivity (Wildman–Crippen MR) is 77.6 cm³/mol. The molecule has 2 aliphatic rings. The fourth-order valence-electron chi connectivity index (χ4n) is 3.16. The average molecular weight is 258 g/mol. The first-order chi connectivity index (χ1) is 9.24. The van der Waals surface area contributed by atoms with Gasteiger partial charge in [0.05, 0.1) is 0 Å². The molecule has 0 saturated carbocycles. The third kappa shape index (κ3) is 2.60. The summed E-state index contributed by atoms with van der Waals surface area (Å²) in [6.07, 6.45) is 4.63. The summed E-state index contributed by atoms with van der Waals surface area (Å²) in [7, 11) is 0. The maximum atomic E-state index is 12.5. The standard InChI is InChI=1S/C16H22N2O/c1-12-4-3-9-18(11-12)16(19)14-6-7-15-13(10-14)5-2-8-17-15/h6-7,10,12,17H,2-5,8-9,11H2,1H3. The summed E-state index contributed by atoms with van der Waals surface area (Å²) >= 11 is 0. The number of benzene rings is 1. The molecule has 1 unspecified atom stereocenters. The van der Waals surface area contributed by atoms with Gasteiger partial charge in [-0.05, 0) is 55.4 Å². The van der Waals surface area contributed by atoms with Crippen LogP contribution < -0.4 is 5.32 Å². The highest BCUT2D eigenvalue weighted by Gasteiger charge is 2.22. The number of piperidine rings is 1. The van der Waals surface area contributed by atoms with Gasteiger partial charge in [-0.3, -0.25) is 4.79 Å². The number of carbonyl (C=O) groups excluding carboxylic acids is 1. The van der Waals surface area contributed by atoms with Gasteiger partial charge in [0.15, 0.2) is 0 Å².